The number of anilines is 1. The molecule has 0 aliphatic carbocycles. The Balaban J connectivity index is 1.96. The molecule has 1 unspecified atom stereocenters. The molecule has 4 rings (SSSR count). The highest BCUT2D eigenvalue weighted by Crippen LogP contribution is 2.45. The van der Waals surface area contributed by atoms with E-state index in [4.69, 9.17) is 21.1 Å². The summed E-state index contributed by atoms with van der Waals surface area (Å²) in [5.41, 5.74) is 1.93. The lowest BCUT2D eigenvalue weighted by Gasteiger charge is -2.26. The average Bonchev–Trinajstić information content (AvgIpc) is 3.14. The van der Waals surface area contributed by atoms with Crippen LogP contribution >= 0.6 is 11.6 Å². The van der Waals surface area contributed by atoms with Crippen molar-refractivity contribution >= 4 is 34.7 Å². The first-order chi connectivity index (χ1) is 17.2. The van der Waals surface area contributed by atoms with E-state index in [0.29, 0.717) is 17.0 Å². The van der Waals surface area contributed by atoms with E-state index in [1.807, 2.05) is 12.1 Å². The molecule has 0 aromatic heterocycles. The second-order valence-electron chi connectivity index (χ2n) is 8.69. The molecule has 1 amide bonds. The van der Waals surface area contributed by atoms with E-state index in [1.165, 1.54) is 43.4 Å². The van der Waals surface area contributed by atoms with E-state index in [0.717, 1.165) is 5.56 Å². The predicted octanol–water partition coefficient (Wildman–Crippen LogP) is 5.81. The van der Waals surface area contributed by atoms with E-state index in [1.54, 1.807) is 24.3 Å². The third-order valence-corrected chi connectivity index (χ3v) is 6.56. The Hall–Kier alpha value is -3.97. The van der Waals surface area contributed by atoms with Crippen molar-refractivity contribution in [2.24, 2.45) is 0 Å². The zero-order chi connectivity index (χ0) is 26.1. The summed E-state index contributed by atoms with van der Waals surface area (Å²) >= 11 is 6.35. The first-order valence-corrected chi connectivity index (χ1v) is 11.7. The third-order valence-electron chi connectivity index (χ3n) is 6.23. The standard InChI is InChI=1S/C28H26ClNO6/c1-15(2)16-5-8-18(9-6-16)30-25(17-7-12-23(36-4)22(31)13-17)24(27(33)28(30)34)26(32)20-14-19(35-3)10-11-21(20)29/h5-15,25,31-32H,1-4H3/b26-24+. The number of halogens is 1. The summed E-state index contributed by atoms with van der Waals surface area (Å²) in [5, 5.41) is 22.0. The Morgan fingerprint density at radius 3 is 2.25 bits per heavy atom. The lowest BCUT2D eigenvalue weighted by molar-refractivity contribution is -0.132. The van der Waals surface area contributed by atoms with Gasteiger partial charge in [0.1, 0.15) is 11.5 Å². The molecule has 2 N–H and O–H groups in total. The Labute approximate surface area is 214 Å². The zero-order valence-electron chi connectivity index (χ0n) is 20.3. The van der Waals surface area contributed by atoms with Gasteiger partial charge in [0.15, 0.2) is 11.5 Å². The summed E-state index contributed by atoms with van der Waals surface area (Å²) in [6, 6.07) is 15.5. The predicted molar refractivity (Wildman–Crippen MR) is 138 cm³/mol. The van der Waals surface area contributed by atoms with Crippen molar-refractivity contribution in [2.75, 3.05) is 19.1 Å². The fourth-order valence-electron chi connectivity index (χ4n) is 4.27. The SMILES string of the molecule is COc1ccc(Cl)c(/C(O)=C2\C(=O)C(=O)N(c3ccc(C(C)C)cc3)C2c2ccc(OC)c(O)c2)c1. The normalized spacial score (nSPS) is 17.1. The molecule has 3 aromatic carbocycles. The van der Waals surface area contributed by atoms with Gasteiger partial charge in [0, 0.05) is 11.3 Å². The first kappa shape index (κ1) is 25.1. The minimum atomic E-state index is -1.03. The highest BCUT2D eigenvalue weighted by atomic mass is 35.5. The molecule has 1 fully saturated rings. The Morgan fingerprint density at radius 2 is 1.67 bits per heavy atom. The lowest BCUT2D eigenvalue weighted by Crippen LogP contribution is -2.29. The van der Waals surface area contributed by atoms with Crippen LogP contribution in [0.3, 0.4) is 0 Å². The van der Waals surface area contributed by atoms with Gasteiger partial charge in [0.2, 0.25) is 0 Å². The Morgan fingerprint density at radius 1 is 0.972 bits per heavy atom. The Kier molecular flexibility index (Phi) is 6.95. The number of hydrogen-bond acceptors (Lipinski definition) is 6. The molecular weight excluding hydrogens is 482 g/mol. The first-order valence-electron chi connectivity index (χ1n) is 11.3. The van der Waals surface area contributed by atoms with E-state index in [2.05, 4.69) is 13.8 Å². The van der Waals surface area contributed by atoms with E-state index >= 15 is 0 Å². The number of Topliss-reactive ketones (excluding diaryl/α,β-unsaturated/α-hetero) is 1. The van der Waals surface area contributed by atoms with Crippen LogP contribution in [0.1, 0.15) is 42.5 Å². The maximum Gasteiger partial charge on any atom is 0.300 e. The zero-order valence-corrected chi connectivity index (χ0v) is 21.0. The number of hydrogen-bond donors (Lipinski definition) is 2. The molecule has 1 aliphatic heterocycles. The van der Waals surface area contributed by atoms with Crippen molar-refractivity contribution in [3.05, 3.63) is 87.9 Å². The second-order valence-corrected chi connectivity index (χ2v) is 9.10. The quantitative estimate of drug-likeness (QED) is 0.248. The fourth-order valence-corrected chi connectivity index (χ4v) is 4.48. The number of nitrogens with zero attached hydrogens (tertiary/aromatic N) is 1. The van der Waals surface area contributed by atoms with Crippen LogP contribution in [-0.2, 0) is 9.59 Å². The maximum absolute atomic E-state index is 13.4. The number of ether oxygens (including phenoxy) is 2. The number of carbonyl (C=O) groups is 2. The van der Waals surface area contributed by atoms with Crippen LogP contribution in [0.4, 0.5) is 5.69 Å². The molecule has 0 saturated carbocycles. The molecule has 1 atom stereocenters. The number of carbonyl (C=O) groups excluding carboxylic acids is 2. The van der Waals surface area contributed by atoms with Crippen molar-refractivity contribution in [3.63, 3.8) is 0 Å². The van der Waals surface area contributed by atoms with Gasteiger partial charge in [-0.1, -0.05) is 43.6 Å². The minimum Gasteiger partial charge on any atom is -0.507 e. The largest absolute Gasteiger partial charge is 0.507 e. The average molecular weight is 508 g/mol. The number of rotatable bonds is 6. The molecule has 8 heteroatoms. The summed E-state index contributed by atoms with van der Waals surface area (Å²) in [6.07, 6.45) is 0. The number of ketones is 1. The van der Waals surface area contributed by atoms with Crippen LogP contribution in [-0.4, -0.2) is 36.1 Å². The molecule has 0 spiro atoms. The number of phenols is 1. The van der Waals surface area contributed by atoms with Crippen molar-refractivity contribution < 1.29 is 29.3 Å². The molecule has 3 aromatic rings. The van der Waals surface area contributed by atoms with Gasteiger partial charge in [-0.25, -0.2) is 0 Å². The molecule has 36 heavy (non-hydrogen) atoms. The van der Waals surface area contributed by atoms with Crippen LogP contribution < -0.4 is 14.4 Å². The highest BCUT2D eigenvalue weighted by molar-refractivity contribution is 6.52. The van der Waals surface area contributed by atoms with Crippen molar-refractivity contribution in [3.8, 4) is 17.2 Å². The topological polar surface area (TPSA) is 96.3 Å². The van der Waals surface area contributed by atoms with Crippen LogP contribution in [0.25, 0.3) is 5.76 Å². The Bertz CT molecular complexity index is 1360. The van der Waals surface area contributed by atoms with Gasteiger partial charge in [-0.05, 0) is 59.5 Å². The van der Waals surface area contributed by atoms with Crippen LogP contribution in [0.2, 0.25) is 5.02 Å². The van der Waals surface area contributed by atoms with Gasteiger partial charge >= 0.3 is 0 Å². The number of aromatic hydroxyl groups is 1. The van der Waals surface area contributed by atoms with Gasteiger partial charge in [-0.15, -0.1) is 0 Å². The van der Waals surface area contributed by atoms with Gasteiger partial charge < -0.3 is 19.7 Å². The van der Waals surface area contributed by atoms with Gasteiger partial charge in [0.05, 0.1) is 30.9 Å². The molecule has 0 radical (unpaired) electrons. The van der Waals surface area contributed by atoms with Crippen molar-refractivity contribution in [1.82, 2.24) is 0 Å². The number of benzene rings is 3. The second kappa shape index (κ2) is 9.95. The molecule has 7 nitrogen and oxygen atoms in total. The van der Waals surface area contributed by atoms with Crippen LogP contribution in [0.15, 0.2) is 66.2 Å². The lowest BCUT2D eigenvalue weighted by atomic mass is 9.94. The van der Waals surface area contributed by atoms with Crippen LogP contribution in [0, 0.1) is 0 Å². The number of phenolic OH excluding ortho intramolecular Hbond substituents is 1. The summed E-state index contributed by atoms with van der Waals surface area (Å²) in [6.45, 7) is 4.11. The summed E-state index contributed by atoms with van der Waals surface area (Å²) in [4.78, 5) is 28.0. The van der Waals surface area contributed by atoms with Crippen LogP contribution in [0.5, 0.6) is 17.2 Å². The summed E-state index contributed by atoms with van der Waals surface area (Å²) < 4.78 is 10.4. The number of aliphatic hydroxyl groups is 1. The molecule has 1 aliphatic rings. The number of amides is 1. The molecule has 186 valence electrons. The highest BCUT2D eigenvalue weighted by Gasteiger charge is 2.47. The summed E-state index contributed by atoms with van der Waals surface area (Å²) in [7, 11) is 2.88. The smallest absolute Gasteiger partial charge is 0.300 e. The number of methoxy groups -OCH3 is 2. The monoisotopic (exact) mass is 507 g/mol. The van der Waals surface area contributed by atoms with Gasteiger partial charge in [-0.2, -0.15) is 0 Å². The molecule has 1 heterocycles. The van der Waals surface area contributed by atoms with E-state index < -0.39 is 23.5 Å². The van der Waals surface area contributed by atoms with E-state index in [9.17, 15) is 19.8 Å². The molecular formula is C28H26ClNO6. The minimum absolute atomic E-state index is 0.145. The summed E-state index contributed by atoms with van der Waals surface area (Å²) in [5.74, 6) is -1.38. The molecule has 0 bridgehead atoms. The van der Waals surface area contributed by atoms with Crippen molar-refractivity contribution in [1.29, 1.82) is 0 Å². The van der Waals surface area contributed by atoms with Gasteiger partial charge in [-0.3, -0.25) is 14.5 Å². The van der Waals surface area contributed by atoms with Gasteiger partial charge in [0.25, 0.3) is 11.7 Å². The van der Waals surface area contributed by atoms with E-state index in [-0.39, 0.29) is 33.6 Å². The van der Waals surface area contributed by atoms with Crippen molar-refractivity contribution in [2.45, 2.75) is 25.8 Å². The maximum atomic E-state index is 13.4. The third kappa shape index (κ3) is 4.38. The fraction of sp³-hybridized carbons (Fsp3) is 0.214. The molecule has 1 saturated heterocycles. The number of aliphatic hydroxyl groups excluding tert-OH is 1.